The Labute approximate surface area is 73.5 Å². The summed E-state index contributed by atoms with van der Waals surface area (Å²) < 4.78 is 0.516. The molecule has 4 heteroatoms. The summed E-state index contributed by atoms with van der Waals surface area (Å²) in [4.78, 5) is 11.9. The minimum atomic E-state index is -0.777. The Hall–Kier alpha value is 0. The number of likely N-dealkylation sites (tertiary alicyclic amines) is 1. The van der Waals surface area contributed by atoms with Crippen LogP contribution in [0.5, 0.6) is 0 Å². The van der Waals surface area contributed by atoms with Crippen molar-refractivity contribution in [3.63, 3.8) is 0 Å². The third-order valence-corrected chi connectivity index (χ3v) is 2.65. The average molecular weight is 255 g/mol. The van der Waals surface area contributed by atoms with E-state index in [0.29, 0.717) is 10.5 Å². The van der Waals surface area contributed by atoms with Gasteiger partial charge >= 0.3 is 6.09 Å². The van der Waals surface area contributed by atoms with Crippen molar-refractivity contribution < 1.29 is 9.90 Å². The third-order valence-electron chi connectivity index (χ3n) is 1.63. The minimum Gasteiger partial charge on any atom is -0.465 e. The molecule has 0 bridgehead atoms. The Bertz CT molecular complexity index is 140. The molecular weight excluding hydrogens is 245 g/mol. The van der Waals surface area contributed by atoms with Gasteiger partial charge in [0.25, 0.3) is 0 Å². The summed E-state index contributed by atoms with van der Waals surface area (Å²) in [5.74, 6) is 0. The van der Waals surface area contributed by atoms with E-state index in [2.05, 4.69) is 22.6 Å². The first-order valence-corrected chi connectivity index (χ1v) is 4.56. The van der Waals surface area contributed by atoms with Gasteiger partial charge in [0, 0.05) is 17.0 Å². The van der Waals surface area contributed by atoms with Gasteiger partial charge in [-0.1, -0.05) is 22.6 Å². The molecule has 0 aromatic heterocycles. The van der Waals surface area contributed by atoms with Crippen molar-refractivity contribution >= 4 is 28.7 Å². The molecule has 1 rings (SSSR count). The van der Waals surface area contributed by atoms with E-state index >= 15 is 0 Å². The molecule has 0 spiro atoms. The molecule has 0 radical (unpaired) electrons. The van der Waals surface area contributed by atoms with Gasteiger partial charge in [-0.2, -0.15) is 0 Å². The van der Waals surface area contributed by atoms with Crippen LogP contribution < -0.4 is 0 Å². The number of carbonyl (C=O) groups is 1. The van der Waals surface area contributed by atoms with E-state index in [4.69, 9.17) is 5.11 Å². The van der Waals surface area contributed by atoms with Crippen LogP contribution in [0.25, 0.3) is 0 Å². The van der Waals surface area contributed by atoms with Gasteiger partial charge in [0.15, 0.2) is 0 Å². The highest BCUT2D eigenvalue weighted by Gasteiger charge is 2.20. The molecule has 1 atom stereocenters. The normalized spacial score (nSPS) is 26.5. The van der Waals surface area contributed by atoms with Crippen LogP contribution in [0.4, 0.5) is 4.79 Å². The van der Waals surface area contributed by atoms with E-state index in [1.165, 1.54) is 4.90 Å². The monoisotopic (exact) mass is 255 g/mol. The molecule has 1 aliphatic heterocycles. The molecule has 1 saturated heterocycles. The van der Waals surface area contributed by atoms with Crippen molar-refractivity contribution in [3.05, 3.63) is 0 Å². The molecule has 0 aliphatic carbocycles. The Morgan fingerprint density at radius 1 is 1.70 bits per heavy atom. The summed E-state index contributed by atoms with van der Waals surface area (Å²) >= 11 is 2.30. The van der Waals surface area contributed by atoms with E-state index in [-0.39, 0.29) is 0 Å². The van der Waals surface area contributed by atoms with Crippen molar-refractivity contribution in [1.82, 2.24) is 4.90 Å². The summed E-state index contributed by atoms with van der Waals surface area (Å²) in [7, 11) is 0. The second-order valence-electron chi connectivity index (χ2n) is 2.47. The molecular formula is C6H10INO2. The highest BCUT2D eigenvalue weighted by molar-refractivity contribution is 14.1. The van der Waals surface area contributed by atoms with Crippen molar-refractivity contribution in [1.29, 1.82) is 0 Å². The van der Waals surface area contributed by atoms with Crippen LogP contribution >= 0.6 is 22.6 Å². The molecule has 1 amide bonds. The summed E-state index contributed by atoms with van der Waals surface area (Å²) in [6.45, 7) is 1.42. The standard InChI is InChI=1S/C6H10INO2/c7-5-2-1-3-8(4-5)6(9)10/h5H,1-4H2,(H,9,10). The lowest BCUT2D eigenvalue weighted by Gasteiger charge is -2.27. The van der Waals surface area contributed by atoms with Crippen LogP contribution in [-0.2, 0) is 0 Å². The second-order valence-corrected chi connectivity index (χ2v) is 4.23. The Morgan fingerprint density at radius 2 is 2.40 bits per heavy atom. The maximum Gasteiger partial charge on any atom is 0.407 e. The lowest BCUT2D eigenvalue weighted by atomic mass is 10.1. The Balaban J connectivity index is 2.39. The van der Waals surface area contributed by atoms with Gasteiger partial charge in [0.2, 0.25) is 0 Å². The van der Waals surface area contributed by atoms with Crippen LogP contribution in [0.1, 0.15) is 12.8 Å². The van der Waals surface area contributed by atoms with Gasteiger partial charge in [-0.25, -0.2) is 4.79 Å². The number of alkyl halides is 1. The van der Waals surface area contributed by atoms with E-state index < -0.39 is 6.09 Å². The summed E-state index contributed by atoms with van der Waals surface area (Å²) in [5.41, 5.74) is 0. The van der Waals surface area contributed by atoms with E-state index in [0.717, 1.165) is 19.4 Å². The molecule has 10 heavy (non-hydrogen) atoms. The molecule has 1 unspecified atom stereocenters. The van der Waals surface area contributed by atoms with E-state index in [9.17, 15) is 4.79 Å². The second kappa shape index (κ2) is 3.41. The van der Waals surface area contributed by atoms with Gasteiger partial charge in [-0.15, -0.1) is 0 Å². The summed E-state index contributed by atoms with van der Waals surface area (Å²) in [6.07, 6.45) is 1.39. The van der Waals surface area contributed by atoms with Crippen LogP contribution in [0.3, 0.4) is 0 Å². The zero-order chi connectivity index (χ0) is 7.56. The molecule has 1 N–H and O–H groups in total. The van der Waals surface area contributed by atoms with Crippen LogP contribution in [0, 0.1) is 0 Å². The first-order chi connectivity index (χ1) is 4.70. The van der Waals surface area contributed by atoms with Crippen molar-refractivity contribution in [2.24, 2.45) is 0 Å². The Kier molecular flexibility index (Phi) is 2.76. The lowest BCUT2D eigenvalue weighted by molar-refractivity contribution is 0.138. The Morgan fingerprint density at radius 3 is 2.80 bits per heavy atom. The number of nitrogens with zero attached hydrogens (tertiary/aromatic N) is 1. The molecule has 1 fully saturated rings. The number of carboxylic acid groups (broad SMARTS) is 1. The van der Waals surface area contributed by atoms with Crippen LogP contribution in [0.2, 0.25) is 0 Å². The van der Waals surface area contributed by atoms with Crippen LogP contribution in [-0.4, -0.2) is 33.1 Å². The predicted octanol–water partition coefficient (Wildman–Crippen LogP) is 1.56. The third kappa shape index (κ3) is 2.00. The minimum absolute atomic E-state index is 0.516. The van der Waals surface area contributed by atoms with Crippen molar-refractivity contribution in [3.8, 4) is 0 Å². The molecule has 1 aliphatic rings. The molecule has 58 valence electrons. The topological polar surface area (TPSA) is 40.5 Å². The first-order valence-electron chi connectivity index (χ1n) is 3.32. The van der Waals surface area contributed by atoms with E-state index in [1.807, 2.05) is 0 Å². The molecule has 0 saturated carbocycles. The molecule has 0 aromatic carbocycles. The van der Waals surface area contributed by atoms with Gasteiger partial charge in [-0.3, -0.25) is 0 Å². The number of piperidine rings is 1. The predicted molar refractivity (Wildman–Crippen MR) is 46.6 cm³/mol. The zero-order valence-corrected chi connectivity index (χ0v) is 7.74. The fraction of sp³-hybridized carbons (Fsp3) is 0.833. The number of halogens is 1. The zero-order valence-electron chi connectivity index (χ0n) is 5.59. The average Bonchev–Trinajstić information content (AvgIpc) is 1.88. The number of hydrogen-bond acceptors (Lipinski definition) is 1. The smallest absolute Gasteiger partial charge is 0.407 e. The highest BCUT2D eigenvalue weighted by Crippen LogP contribution is 2.16. The molecule has 3 nitrogen and oxygen atoms in total. The maximum atomic E-state index is 10.4. The van der Waals surface area contributed by atoms with E-state index in [1.54, 1.807) is 0 Å². The van der Waals surface area contributed by atoms with Gasteiger partial charge in [-0.05, 0) is 12.8 Å². The fourth-order valence-electron chi connectivity index (χ4n) is 1.10. The SMILES string of the molecule is O=C(O)N1CCCC(I)C1. The van der Waals surface area contributed by atoms with Crippen molar-refractivity contribution in [2.75, 3.05) is 13.1 Å². The lowest BCUT2D eigenvalue weighted by Crippen LogP contribution is -2.39. The van der Waals surface area contributed by atoms with Gasteiger partial charge in [0.05, 0.1) is 0 Å². The van der Waals surface area contributed by atoms with Crippen LogP contribution in [0.15, 0.2) is 0 Å². The quantitative estimate of drug-likeness (QED) is 0.527. The maximum absolute atomic E-state index is 10.4. The molecule has 1 heterocycles. The summed E-state index contributed by atoms with van der Waals surface area (Å²) in [6, 6.07) is 0. The van der Waals surface area contributed by atoms with Gasteiger partial charge < -0.3 is 10.0 Å². The van der Waals surface area contributed by atoms with Crippen molar-refractivity contribution in [2.45, 2.75) is 16.8 Å². The van der Waals surface area contributed by atoms with Gasteiger partial charge in [0.1, 0.15) is 0 Å². The largest absolute Gasteiger partial charge is 0.465 e. The summed E-state index contributed by atoms with van der Waals surface area (Å²) in [5, 5.41) is 8.58. The number of rotatable bonds is 0. The fourth-order valence-corrected chi connectivity index (χ4v) is 2.01. The molecule has 0 aromatic rings. The number of hydrogen-bond donors (Lipinski definition) is 1. The highest BCUT2D eigenvalue weighted by atomic mass is 127. The number of amides is 1. The first kappa shape index (κ1) is 8.10.